The molecule has 0 bridgehead atoms. The number of hydrogen-bond acceptors (Lipinski definition) is 5. The third-order valence-corrected chi connectivity index (χ3v) is 2.27. The number of nitrogens with zero attached hydrogens (tertiary/aromatic N) is 2. The third kappa shape index (κ3) is 4.44. The van der Waals surface area contributed by atoms with Crippen LogP contribution in [0.4, 0.5) is 5.82 Å². The lowest BCUT2D eigenvalue weighted by atomic mass is 10.1. The number of aromatic nitrogens is 2. The van der Waals surface area contributed by atoms with Crippen molar-refractivity contribution >= 4 is 35.1 Å². The van der Waals surface area contributed by atoms with E-state index in [1.54, 1.807) is 0 Å². The summed E-state index contributed by atoms with van der Waals surface area (Å²) in [7, 11) is 0. The van der Waals surface area contributed by atoms with Crippen molar-refractivity contribution in [2.75, 3.05) is 11.9 Å². The Balaban J connectivity index is 2.38. The fourth-order valence-electron chi connectivity index (χ4n) is 0.910. The van der Waals surface area contributed by atoms with E-state index in [-0.39, 0.29) is 18.0 Å². The van der Waals surface area contributed by atoms with E-state index in [1.165, 1.54) is 0 Å². The number of carbonyl (C=O) groups is 1. The van der Waals surface area contributed by atoms with Gasteiger partial charge in [0, 0.05) is 5.54 Å². The molecular formula is C8H13ClN4OS. The lowest BCUT2D eigenvalue weighted by molar-refractivity contribution is -0.120. The Morgan fingerprint density at radius 3 is 2.60 bits per heavy atom. The Labute approximate surface area is 97.5 Å². The lowest BCUT2D eigenvalue weighted by Crippen LogP contribution is -2.43. The summed E-state index contributed by atoms with van der Waals surface area (Å²) in [5, 5.41) is 5.91. The molecule has 0 aliphatic rings. The number of halogens is 1. The molecule has 2 N–H and O–H groups in total. The summed E-state index contributed by atoms with van der Waals surface area (Å²) in [4.78, 5) is 11.4. The molecule has 0 fully saturated rings. The molecule has 0 unspecified atom stereocenters. The largest absolute Gasteiger partial charge is 0.358 e. The van der Waals surface area contributed by atoms with E-state index in [1.807, 2.05) is 20.8 Å². The lowest BCUT2D eigenvalue weighted by Gasteiger charge is -2.20. The molecule has 0 radical (unpaired) electrons. The molecule has 15 heavy (non-hydrogen) atoms. The SMILES string of the molecule is CC(C)(C)NC(=O)CNc1nsnc1Cl. The molecule has 0 spiro atoms. The van der Waals surface area contributed by atoms with E-state index in [2.05, 4.69) is 19.4 Å². The van der Waals surface area contributed by atoms with Crippen LogP contribution in [0, 0.1) is 0 Å². The van der Waals surface area contributed by atoms with Crippen LogP contribution in [-0.2, 0) is 4.79 Å². The average Bonchev–Trinajstić information content (AvgIpc) is 2.44. The molecule has 0 aliphatic carbocycles. The number of hydrogen-bond donors (Lipinski definition) is 2. The van der Waals surface area contributed by atoms with Crippen LogP contribution in [0.25, 0.3) is 0 Å². The highest BCUT2D eigenvalue weighted by Crippen LogP contribution is 2.17. The first-order chi connectivity index (χ1) is 6.88. The van der Waals surface area contributed by atoms with Gasteiger partial charge in [-0.05, 0) is 20.8 Å². The van der Waals surface area contributed by atoms with Crippen LogP contribution >= 0.6 is 23.3 Å². The van der Waals surface area contributed by atoms with Crippen LogP contribution in [0.1, 0.15) is 20.8 Å². The smallest absolute Gasteiger partial charge is 0.239 e. The van der Waals surface area contributed by atoms with Crippen molar-refractivity contribution in [3.63, 3.8) is 0 Å². The van der Waals surface area contributed by atoms with Crippen molar-refractivity contribution in [3.8, 4) is 0 Å². The van der Waals surface area contributed by atoms with E-state index in [0.717, 1.165) is 11.7 Å². The van der Waals surface area contributed by atoms with E-state index in [0.29, 0.717) is 11.0 Å². The van der Waals surface area contributed by atoms with Gasteiger partial charge >= 0.3 is 0 Å². The first kappa shape index (κ1) is 12.2. The molecule has 0 saturated carbocycles. The van der Waals surface area contributed by atoms with Gasteiger partial charge in [0.2, 0.25) is 5.91 Å². The predicted octanol–water partition coefficient (Wildman–Crippen LogP) is 1.52. The van der Waals surface area contributed by atoms with Gasteiger partial charge in [0.15, 0.2) is 11.0 Å². The third-order valence-electron chi connectivity index (χ3n) is 1.38. The Hall–Kier alpha value is -0.880. The second-order valence-corrected chi connectivity index (χ2v) is 4.94. The highest BCUT2D eigenvalue weighted by atomic mass is 35.5. The quantitative estimate of drug-likeness (QED) is 0.851. The predicted molar refractivity (Wildman–Crippen MR) is 61.3 cm³/mol. The highest BCUT2D eigenvalue weighted by molar-refractivity contribution is 6.99. The molecule has 0 atom stereocenters. The summed E-state index contributed by atoms with van der Waals surface area (Å²) in [6.07, 6.45) is 0. The zero-order valence-corrected chi connectivity index (χ0v) is 10.4. The average molecular weight is 249 g/mol. The molecule has 0 aliphatic heterocycles. The zero-order valence-electron chi connectivity index (χ0n) is 8.80. The summed E-state index contributed by atoms with van der Waals surface area (Å²) in [6.45, 7) is 5.90. The maximum atomic E-state index is 11.4. The van der Waals surface area contributed by atoms with Crippen molar-refractivity contribution < 1.29 is 4.79 Å². The summed E-state index contributed by atoms with van der Waals surface area (Å²) >= 11 is 6.70. The maximum absolute atomic E-state index is 11.4. The molecule has 5 nitrogen and oxygen atoms in total. The van der Waals surface area contributed by atoms with Crippen molar-refractivity contribution in [1.82, 2.24) is 14.1 Å². The van der Waals surface area contributed by atoms with Crippen LogP contribution in [0.15, 0.2) is 0 Å². The zero-order chi connectivity index (χ0) is 11.5. The van der Waals surface area contributed by atoms with Gasteiger partial charge in [-0.2, -0.15) is 8.75 Å². The van der Waals surface area contributed by atoms with Crippen LogP contribution < -0.4 is 10.6 Å². The van der Waals surface area contributed by atoms with Crippen LogP contribution in [-0.4, -0.2) is 26.7 Å². The van der Waals surface area contributed by atoms with Gasteiger partial charge in [-0.1, -0.05) is 11.6 Å². The Bertz CT molecular complexity index is 347. The van der Waals surface area contributed by atoms with E-state index in [4.69, 9.17) is 11.6 Å². The van der Waals surface area contributed by atoms with Gasteiger partial charge in [0.05, 0.1) is 18.3 Å². The topological polar surface area (TPSA) is 66.9 Å². The Morgan fingerprint density at radius 1 is 1.47 bits per heavy atom. The fraction of sp³-hybridized carbons (Fsp3) is 0.625. The minimum absolute atomic E-state index is 0.105. The summed E-state index contributed by atoms with van der Waals surface area (Å²) in [5.74, 6) is 0.345. The number of carbonyl (C=O) groups excluding carboxylic acids is 1. The van der Waals surface area contributed by atoms with Gasteiger partial charge < -0.3 is 10.6 Å². The van der Waals surface area contributed by atoms with E-state index in [9.17, 15) is 4.79 Å². The molecule has 0 aromatic carbocycles. The maximum Gasteiger partial charge on any atom is 0.239 e. The van der Waals surface area contributed by atoms with Gasteiger partial charge in [-0.3, -0.25) is 4.79 Å². The Morgan fingerprint density at radius 2 is 2.13 bits per heavy atom. The minimum atomic E-state index is -0.233. The molecular weight excluding hydrogens is 236 g/mol. The summed E-state index contributed by atoms with van der Waals surface area (Å²) < 4.78 is 7.66. The molecule has 1 rings (SSSR count). The molecule has 7 heteroatoms. The van der Waals surface area contributed by atoms with Gasteiger partial charge in [-0.25, -0.2) is 0 Å². The molecule has 84 valence electrons. The second kappa shape index (κ2) is 4.76. The number of amides is 1. The Kier molecular flexibility index (Phi) is 3.87. The first-order valence-corrected chi connectivity index (χ1v) is 5.52. The van der Waals surface area contributed by atoms with Crippen LogP contribution in [0.2, 0.25) is 5.15 Å². The summed E-state index contributed by atoms with van der Waals surface area (Å²) in [5.41, 5.74) is -0.233. The van der Waals surface area contributed by atoms with Gasteiger partial charge in [-0.15, -0.1) is 0 Å². The van der Waals surface area contributed by atoms with E-state index >= 15 is 0 Å². The van der Waals surface area contributed by atoms with Crippen molar-refractivity contribution in [1.29, 1.82) is 0 Å². The van der Waals surface area contributed by atoms with Crippen molar-refractivity contribution in [3.05, 3.63) is 5.15 Å². The van der Waals surface area contributed by atoms with E-state index < -0.39 is 0 Å². The van der Waals surface area contributed by atoms with Crippen molar-refractivity contribution in [2.45, 2.75) is 26.3 Å². The highest BCUT2D eigenvalue weighted by Gasteiger charge is 2.14. The molecule has 1 heterocycles. The van der Waals surface area contributed by atoms with Crippen LogP contribution in [0.3, 0.4) is 0 Å². The number of rotatable bonds is 3. The monoisotopic (exact) mass is 248 g/mol. The first-order valence-electron chi connectivity index (χ1n) is 4.41. The molecule has 1 amide bonds. The molecule has 1 aromatic rings. The standard InChI is InChI=1S/C8H13ClN4OS/c1-8(2,3)11-5(14)4-10-7-6(9)12-15-13-7/h4H2,1-3H3,(H,10,13)(H,11,14). The minimum Gasteiger partial charge on any atom is -0.358 e. The summed E-state index contributed by atoms with van der Waals surface area (Å²) in [6, 6.07) is 0. The fourth-order valence-corrected chi connectivity index (χ4v) is 1.59. The van der Waals surface area contributed by atoms with Gasteiger partial charge in [0.25, 0.3) is 0 Å². The van der Waals surface area contributed by atoms with Gasteiger partial charge in [0.1, 0.15) is 0 Å². The van der Waals surface area contributed by atoms with Crippen molar-refractivity contribution in [2.24, 2.45) is 0 Å². The second-order valence-electron chi connectivity index (χ2n) is 4.06. The molecule has 0 saturated heterocycles. The number of anilines is 1. The number of nitrogens with one attached hydrogen (secondary N) is 2. The molecule has 1 aromatic heterocycles. The normalized spacial score (nSPS) is 11.2. The van der Waals surface area contributed by atoms with Crippen LogP contribution in [0.5, 0.6) is 0 Å².